The predicted molar refractivity (Wildman–Crippen MR) is 59.2 cm³/mol. The lowest BCUT2D eigenvalue weighted by molar-refractivity contribution is -0.142. The van der Waals surface area contributed by atoms with Gasteiger partial charge in [0.2, 0.25) is 0 Å². The lowest BCUT2D eigenvalue weighted by Crippen LogP contribution is -2.05. The van der Waals surface area contributed by atoms with Gasteiger partial charge in [0.1, 0.15) is 18.1 Å². The van der Waals surface area contributed by atoms with Crippen molar-refractivity contribution in [2.75, 3.05) is 6.61 Å². The number of carbonyl (C=O) groups excluding carboxylic acids is 1. The molecular formula is C12H14O4. The van der Waals surface area contributed by atoms with Gasteiger partial charge in [-0.1, -0.05) is 18.7 Å². The number of phenols is 2. The van der Waals surface area contributed by atoms with Crippen molar-refractivity contribution < 1.29 is 19.7 Å². The van der Waals surface area contributed by atoms with E-state index in [1.165, 1.54) is 18.2 Å². The van der Waals surface area contributed by atoms with Crippen molar-refractivity contribution in [1.29, 1.82) is 0 Å². The Morgan fingerprint density at radius 2 is 2.19 bits per heavy atom. The van der Waals surface area contributed by atoms with Gasteiger partial charge < -0.3 is 14.9 Å². The molecule has 1 aromatic rings. The van der Waals surface area contributed by atoms with E-state index in [1.54, 1.807) is 6.07 Å². The second-order valence-corrected chi connectivity index (χ2v) is 3.28. The molecule has 16 heavy (non-hydrogen) atoms. The maximum Gasteiger partial charge on any atom is 0.306 e. The van der Waals surface area contributed by atoms with Crippen molar-refractivity contribution in [1.82, 2.24) is 0 Å². The first-order chi connectivity index (χ1) is 7.63. The average molecular weight is 222 g/mol. The summed E-state index contributed by atoms with van der Waals surface area (Å²) in [6.45, 7) is 3.62. The minimum atomic E-state index is -0.340. The molecule has 2 N–H and O–H groups in total. The van der Waals surface area contributed by atoms with Crippen molar-refractivity contribution in [3.63, 3.8) is 0 Å². The van der Waals surface area contributed by atoms with Crippen LogP contribution in [0.4, 0.5) is 0 Å². The summed E-state index contributed by atoms with van der Waals surface area (Å²) in [5.74, 6) is -0.362. The van der Waals surface area contributed by atoms with Crippen LogP contribution >= 0.6 is 0 Å². The number of benzene rings is 1. The van der Waals surface area contributed by atoms with Crippen LogP contribution in [-0.4, -0.2) is 22.8 Å². The average Bonchev–Trinajstić information content (AvgIpc) is 2.25. The summed E-state index contributed by atoms with van der Waals surface area (Å²) in [6, 6.07) is 4.28. The van der Waals surface area contributed by atoms with E-state index in [0.29, 0.717) is 12.0 Å². The van der Waals surface area contributed by atoms with Crippen LogP contribution in [0, 0.1) is 0 Å². The lowest BCUT2D eigenvalue weighted by Gasteiger charge is -2.04. The molecule has 0 aliphatic rings. The molecule has 0 heterocycles. The van der Waals surface area contributed by atoms with Crippen LogP contribution < -0.4 is 0 Å². The number of aromatic hydroxyl groups is 2. The minimum absolute atomic E-state index is 0.00418. The second kappa shape index (κ2) is 5.80. The van der Waals surface area contributed by atoms with Gasteiger partial charge in [-0.25, -0.2) is 0 Å². The van der Waals surface area contributed by atoms with Gasteiger partial charge in [0.25, 0.3) is 0 Å². The number of aryl methyl sites for hydroxylation is 1. The number of carbonyl (C=O) groups is 1. The van der Waals surface area contributed by atoms with Gasteiger partial charge in [0.15, 0.2) is 0 Å². The summed E-state index contributed by atoms with van der Waals surface area (Å²) in [4.78, 5) is 11.2. The number of hydrogen-bond acceptors (Lipinski definition) is 4. The summed E-state index contributed by atoms with van der Waals surface area (Å²) < 4.78 is 4.79. The molecule has 1 rings (SSSR count). The lowest BCUT2D eigenvalue weighted by atomic mass is 10.1. The Kier molecular flexibility index (Phi) is 4.39. The van der Waals surface area contributed by atoms with Crippen molar-refractivity contribution in [3.05, 3.63) is 36.4 Å². The SMILES string of the molecule is C=CCOC(=O)CCc1ccc(O)cc1O. The molecule has 0 saturated heterocycles. The van der Waals surface area contributed by atoms with E-state index in [4.69, 9.17) is 9.84 Å². The van der Waals surface area contributed by atoms with Crippen LogP contribution in [-0.2, 0) is 16.0 Å². The van der Waals surface area contributed by atoms with Crippen LogP contribution in [0.15, 0.2) is 30.9 Å². The summed E-state index contributed by atoms with van der Waals surface area (Å²) in [7, 11) is 0. The van der Waals surface area contributed by atoms with Gasteiger partial charge in [0.05, 0.1) is 0 Å². The maximum absolute atomic E-state index is 11.2. The normalized spacial score (nSPS) is 9.75. The number of hydrogen-bond donors (Lipinski definition) is 2. The zero-order valence-corrected chi connectivity index (χ0v) is 8.85. The molecule has 4 nitrogen and oxygen atoms in total. The van der Waals surface area contributed by atoms with Gasteiger partial charge in [0, 0.05) is 12.5 Å². The molecule has 1 aromatic carbocycles. The molecule has 0 radical (unpaired) electrons. The first-order valence-electron chi connectivity index (χ1n) is 4.91. The third-order valence-corrected chi connectivity index (χ3v) is 2.03. The Morgan fingerprint density at radius 1 is 1.44 bits per heavy atom. The highest BCUT2D eigenvalue weighted by molar-refractivity contribution is 5.70. The molecular weight excluding hydrogens is 208 g/mol. The summed E-state index contributed by atoms with van der Waals surface area (Å²) in [5.41, 5.74) is 0.605. The van der Waals surface area contributed by atoms with Crippen molar-refractivity contribution in [2.24, 2.45) is 0 Å². The highest BCUT2D eigenvalue weighted by atomic mass is 16.5. The molecule has 0 amide bonds. The van der Waals surface area contributed by atoms with E-state index >= 15 is 0 Å². The monoisotopic (exact) mass is 222 g/mol. The zero-order valence-electron chi connectivity index (χ0n) is 8.85. The topological polar surface area (TPSA) is 66.8 Å². The Morgan fingerprint density at radius 3 is 2.81 bits per heavy atom. The molecule has 0 aromatic heterocycles. The Hall–Kier alpha value is -1.97. The molecule has 0 bridgehead atoms. The van der Waals surface area contributed by atoms with E-state index in [0.717, 1.165) is 0 Å². The van der Waals surface area contributed by atoms with Crippen LogP contribution in [0.25, 0.3) is 0 Å². The zero-order chi connectivity index (χ0) is 12.0. The van der Waals surface area contributed by atoms with Gasteiger partial charge >= 0.3 is 5.97 Å². The molecule has 0 aliphatic carbocycles. The summed E-state index contributed by atoms with van der Waals surface area (Å²) in [6.07, 6.45) is 2.06. The first kappa shape index (κ1) is 12.1. The van der Waals surface area contributed by atoms with E-state index in [2.05, 4.69) is 6.58 Å². The van der Waals surface area contributed by atoms with E-state index in [-0.39, 0.29) is 30.5 Å². The van der Waals surface area contributed by atoms with Crippen molar-refractivity contribution >= 4 is 5.97 Å². The van der Waals surface area contributed by atoms with Crippen molar-refractivity contribution in [2.45, 2.75) is 12.8 Å². The first-order valence-corrected chi connectivity index (χ1v) is 4.91. The molecule has 0 unspecified atom stereocenters. The Labute approximate surface area is 93.8 Å². The van der Waals surface area contributed by atoms with Gasteiger partial charge in [-0.2, -0.15) is 0 Å². The molecule has 0 spiro atoms. The van der Waals surface area contributed by atoms with E-state index in [9.17, 15) is 9.90 Å². The maximum atomic E-state index is 11.2. The van der Waals surface area contributed by atoms with Gasteiger partial charge in [-0.05, 0) is 18.1 Å². The fourth-order valence-corrected chi connectivity index (χ4v) is 1.22. The smallest absolute Gasteiger partial charge is 0.306 e. The third-order valence-electron chi connectivity index (χ3n) is 2.03. The van der Waals surface area contributed by atoms with E-state index < -0.39 is 0 Å². The van der Waals surface area contributed by atoms with Crippen LogP contribution in [0.5, 0.6) is 11.5 Å². The molecule has 0 fully saturated rings. The number of esters is 1. The summed E-state index contributed by atoms with van der Waals surface area (Å²) in [5, 5.41) is 18.5. The largest absolute Gasteiger partial charge is 0.508 e. The Bertz CT molecular complexity index is 385. The molecule has 4 heteroatoms. The van der Waals surface area contributed by atoms with Crippen LogP contribution in [0.3, 0.4) is 0 Å². The Balaban J connectivity index is 2.48. The molecule has 86 valence electrons. The highest BCUT2D eigenvalue weighted by Gasteiger charge is 2.06. The van der Waals surface area contributed by atoms with Crippen molar-refractivity contribution in [3.8, 4) is 11.5 Å². The molecule has 0 aliphatic heterocycles. The van der Waals surface area contributed by atoms with Crippen LogP contribution in [0.2, 0.25) is 0 Å². The van der Waals surface area contributed by atoms with Crippen LogP contribution in [0.1, 0.15) is 12.0 Å². The van der Waals surface area contributed by atoms with Gasteiger partial charge in [-0.3, -0.25) is 4.79 Å². The van der Waals surface area contributed by atoms with E-state index in [1.807, 2.05) is 0 Å². The van der Waals surface area contributed by atoms with Gasteiger partial charge in [-0.15, -0.1) is 0 Å². The summed E-state index contributed by atoms with van der Waals surface area (Å²) >= 11 is 0. The number of phenolic OH excluding ortho intramolecular Hbond substituents is 2. The highest BCUT2D eigenvalue weighted by Crippen LogP contribution is 2.23. The second-order valence-electron chi connectivity index (χ2n) is 3.28. The minimum Gasteiger partial charge on any atom is -0.508 e. The fourth-order valence-electron chi connectivity index (χ4n) is 1.22. The molecule has 0 saturated carbocycles. The predicted octanol–water partition coefficient (Wildman–Crippen LogP) is 1.76. The number of ether oxygens (including phenoxy) is 1. The molecule has 0 atom stereocenters. The fraction of sp³-hybridized carbons (Fsp3) is 0.250. The number of rotatable bonds is 5. The quantitative estimate of drug-likeness (QED) is 0.588. The standard InChI is InChI=1S/C12H14O4/c1-2-7-16-12(15)6-4-9-3-5-10(13)8-11(9)14/h2-3,5,8,13-14H,1,4,6-7H2. The third kappa shape index (κ3) is 3.65.